The highest BCUT2D eigenvalue weighted by atomic mass is 32.2. The van der Waals surface area contributed by atoms with Crippen molar-refractivity contribution in [2.24, 2.45) is 0 Å². The van der Waals surface area contributed by atoms with Gasteiger partial charge in [0.25, 0.3) is 0 Å². The minimum Gasteiger partial charge on any atom is -0.382 e. The number of hydrogen-bond donors (Lipinski definition) is 3. The zero-order valence-corrected chi connectivity index (χ0v) is 12.4. The minimum atomic E-state index is -3.34. The molecule has 0 aliphatic carbocycles. The third-order valence-corrected chi connectivity index (χ3v) is 5.71. The highest BCUT2D eigenvalue weighted by Crippen LogP contribution is 2.28. The zero-order valence-electron chi connectivity index (χ0n) is 11.6. The van der Waals surface area contributed by atoms with Crippen molar-refractivity contribution in [1.29, 1.82) is 0 Å². The SMILES string of the molecule is CNS(=O)(=O)c1ccc(NC2CC3CCC(C2)N3)cc1. The molecule has 20 heavy (non-hydrogen) atoms. The summed E-state index contributed by atoms with van der Waals surface area (Å²) >= 11 is 0. The molecule has 2 bridgehead atoms. The van der Waals surface area contributed by atoms with E-state index >= 15 is 0 Å². The maximum Gasteiger partial charge on any atom is 0.240 e. The Morgan fingerprint density at radius 1 is 1.10 bits per heavy atom. The fourth-order valence-electron chi connectivity index (χ4n) is 3.26. The van der Waals surface area contributed by atoms with Crippen LogP contribution in [0, 0.1) is 0 Å². The van der Waals surface area contributed by atoms with Crippen molar-refractivity contribution >= 4 is 15.7 Å². The van der Waals surface area contributed by atoms with E-state index in [1.54, 1.807) is 12.1 Å². The molecule has 0 amide bonds. The van der Waals surface area contributed by atoms with Crippen molar-refractivity contribution in [1.82, 2.24) is 10.0 Å². The first-order chi connectivity index (χ1) is 9.56. The Labute approximate surface area is 120 Å². The summed E-state index contributed by atoms with van der Waals surface area (Å²) in [5, 5.41) is 7.14. The Hall–Kier alpha value is -1.11. The number of nitrogens with one attached hydrogen (secondary N) is 3. The molecule has 3 rings (SSSR count). The average molecular weight is 295 g/mol. The number of hydrogen-bond acceptors (Lipinski definition) is 4. The molecule has 2 unspecified atom stereocenters. The molecule has 0 radical (unpaired) electrons. The lowest BCUT2D eigenvalue weighted by Gasteiger charge is -2.30. The second-order valence-electron chi connectivity index (χ2n) is 5.68. The zero-order chi connectivity index (χ0) is 14.2. The van der Waals surface area contributed by atoms with Crippen LogP contribution < -0.4 is 15.4 Å². The first-order valence-electron chi connectivity index (χ1n) is 7.13. The summed E-state index contributed by atoms with van der Waals surface area (Å²) in [7, 11) is -1.92. The molecule has 2 heterocycles. The van der Waals surface area contributed by atoms with E-state index < -0.39 is 10.0 Å². The summed E-state index contributed by atoms with van der Waals surface area (Å²) in [6.45, 7) is 0. The van der Waals surface area contributed by atoms with Gasteiger partial charge >= 0.3 is 0 Å². The van der Waals surface area contributed by atoms with E-state index in [0.717, 1.165) is 18.5 Å². The van der Waals surface area contributed by atoms with Gasteiger partial charge in [0.1, 0.15) is 0 Å². The third kappa shape index (κ3) is 2.82. The van der Waals surface area contributed by atoms with Crippen molar-refractivity contribution in [3.8, 4) is 0 Å². The normalized spacial score (nSPS) is 29.4. The van der Waals surface area contributed by atoms with Crippen LogP contribution in [0.1, 0.15) is 25.7 Å². The second kappa shape index (κ2) is 5.35. The third-order valence-electron chi connectivity index (χ3n) is 4.28. The molecular formula is C14H21N3O2S. The molecule has 1 aromatic carbocycles. The van der Waals surface area contributed by atoms with E-state index in [1.165, 1.54) is 19.9 Å². The van der Waals surface area contributed by atoms with Gasteiger partial charge < -0.3 is 10.6 Å². The van der Waals surface area contributed by atoms with Gasteiger partial charge in [-0.1, -0.05) is 0 Å². The number of rotatable bonds is 4. The smallest absolute Gasteiger partial charge is 0.240 e. The predicted octanol–water partition coefficient (Wildman–Crippen LogP) is 1.29. The van der Waals surface area contributed by atoms with Crippen LogP contribution in [-0.2, 0) is 10.0 Å². The van der Waals surface area contributed by atoms with E-state index in [0.29, 0.717) is 23.0 Å². The topological polar surface area (TPSA) is 70.2 Å². The Kier molecular flexibility index (Phi) is 3.70. The van der Waals surface area contributed by atoms with E-state index in [1.807, 2.05) is 12.1 Å². The Morgan fingerprint density at radius 3 is 2.25 bits per heavy atom. The van der Waals surface area contributed by atoms with Crippen LogP contribution in [0.3, 0.4) is 0 Å². The first-order valence-corrected chi connectivity index (χ1v) is 8.61. The molecule has 2 aliphatic heterocycles. The van der Waals surface area contributed by atoms with Crippen LogP contribution in [0.5, 0.6) is 0 Å². The quantitative estimate of drug-likeness (QED) is 0.783. The molecule has 2 atom stereocenters. The molecule has 5 nitrogen and oxygen atoms in total. The van der Waals surface area contributed by atoms with Gasteiger partial charge in [0.15, 0.2) is 0 Å². The summed E-state index contributed by atoms with van der Waals surface area (Å²) < 4.78 is 25.6. The highest BCUT2D eigenvalue weighted by molar-refractivity contribution is 7.89. The Morgan fingerprint density at radius 2 is 1.70 bits per heavy atom. The van der Waals surface area contributed by atoms with Gasteiger partial charge in [0.05, 0.1) is 4.90 Å². The molecule has 2 fully saturated rings. The highest BCUT2D eigenvalue weighted by Gasteiger charge is 2.33. The van der Waals surface area contributed by atoms with E-state index in [4.69, 9.17) is 0 Å². The molecule has 1 aromatic rings. The summed E-state index contributed by atoms with van der Waals surface area (Å²) in [5.74, 6) is 0. The summed E-state index contributed by atoms with van der Waals surface area (Å²) in [4.78, 5) is 0.302. The summed E-state index contributed by atoms with van der Waals surface area (Å²) in [6.07, 6.45) is 4.85. The lowest BCUT2D eigenvalue weighted by Crippen LogP contribution is -2.43. The summed E-state index contributed by atoms with van der Waals surface area (Å²) in [5.41, 5.74) is 0.992. The van der Waals surface area contributed by atoms with Gasteiger partial charge in [-0.2, -0.15) is 0 Å². The number of piperidine rings is 1. The van der Waals surface area contributed by atoms with Gasteiger partial charge in [-0.15, -0.1) is 0 Å². The minimum absolute atomic E-state index is 0.302. The van der Waals surface area contributed by atoms with Crippen molar-refractivity contribution in [3.63, 3.8) is 0 Å². The van der Waals surface area contributed by atoms with E-state index in [2.05, 4.69) is 15.4 Å². The first kappa shape index (κ1) is 13.9. The van der Waals surface area contributed by atoms with Crippen molar-refractivity contribution < 1.29 is 8.42 Å². The molecule has 3 N–H and O–H groups in total. The van der Waals surface area contributed by atoms with E-state index in [9.17, 15) is 8.42 Å². The number of anilines is 1. The van der Waals surface area contributed by atoms with Gasteiger partial charge in [-0.3, -0.25) is 0 Å². The molecule has 110 valence electrons. The Bertz CT molecular complexity index is 559. The largest absolute Gasteiger partial charge is 0.382 e. The molecule has 2 aliphatic rings. The van der Waals surface area contributed by atoms with Crippen LogP contribution in [0.2, 0.25) is 0 Å². The van der Waals surface area contributed by atoms with E-state index in [-0.39, 0.29) is 0 Å². The lowest BCUT2D eigenvalue weighted by atomic mass is 9.99. The summed E-state index contributed by atoms with van der Waals surface area (Å²) in [6, 6.07) is 8.75. The number of fused-ring (bicyclic) bond motifs is 2. The molecule has 0 saturated carbocycles. The van der Waals surface area contributed by atoms with Gasteiger partial charge in [-0.05, 0) is 57.0 Å². The Balaban J connectivity index is 1.67. The monoisotopic (exact) mass is 295 g/mol. The van der Waals surface area contributed by atoms with Gasteiger partial charge in [0, 0.05) is 23.8 Å². The molecule has 2 saturated heterocycles. The maximum atomic E-state index is 11.7. The average Bonchev–Trinajstić information content (AvgIpc) is 2.78. The van der Waals surface area contributed by atoms with Gasteiger partial charge in [-0.25, -0.2) is 13.1 Å². The maximum absolute atomic E-state index is 11.7. The van der Waals surface area contributed by atoms with Crippen molar-refractivity contribution in [2.75, 3.05) is 12.4 Å². The second-order valence-corrected chi connectivity index (χ2v) is 7.57. The lowest BCUT2D eigenvalue weighted by molar-refractivity contribution is 0.378. The fraction of sp³-hybridized carbons (Fsp3) is 0.571. The molecule has 0 aromatic heterocycles. The van der Waals surface area contributed by atoms with Crippen molar-refractivity contribution in [2.45, 2.75) is 48.7 Å². The van der Waals surface area contributed by atoms with Crippen LogP contribution in [0.15, 0.2) is 29.2 Å². The van der Waals surface area contributed by atoms with Crippen LogP contribution in [-0.4, -0.2) is 33.6 Å². The molecular weight excluding hydrogens is 274 g/mol. The van der Waals surface area contributed by atoms with Crippen molar-refractivity contribution in [3.05, 3.63) is 24.3 Å². The van der Waals surface area contributed by atoms with Crippen LogP contribution in [0.25, 0.3) is 0 Å². The van der Waals surface area contributed by atoms with Gasteiger partial charge in [0.2, 0.25) is 10.0 Å². The van der Waals surface area contributed by atoms with Crippen LogP contribution in [0.4, 0.5) is 5.69 Å². The standard InChI is InChI=1S/C14H21N3O2S/c1-15-20(18,19)14-6-4-10(5-7-14)16-13-8-11-2-3-12(9-13)17-11/h4-7,11-13,15-17H,2-3,8-9H2,1H3. The van der Waals surface area contributed by atoms with Crippen LogP contribution >= 0.6 is 0 Å². The molecule has 6 heteroatoms. The number of sulfonamides is 1. The predicted molar refractivity (Wildman–Crippen MR) is 79.3 cm³/mol. The fourth-order valence-corrected chi connectivity index (χ4v) is 3.99. The number of benzene rings is 1. The molecule has 0 spiro atoms.